The second kappa shape index (κ2) is 5.61. The van der Waals surface area contributed by atoms with E-state index in [2.05, 4.69) is 5.32 Å². The van der Waals surface area contributed by atoms with Gasteiger partial charge in [0.25, 0.3) is 5.91 Å². The van der Waals surface area contributed by atoms with Crippen LogP contribution in [0.1, 0.15) is 13.8 Å². The Balaban J connectivity index is 1.84. The lowest BCUT2D eigenvalue weighted by Crippen LogP contribution is -2.57. The Morgan fingerprint density at radius 3 is 2.68 bits per heavy atom. The van der Waals surface area contributed by atoms with Gasteiger partial charge in [0.05, 0.1) is 24.6 Å². The van der Waals surface area contributed by atoms with Crippen LogP contribution >= 0.6 is 0 Å². The third-order valence-electron chi connectivity index (χ3n) is 4.08. The number of carbonyl (C=O) groups is 2. The molecule has 2 amide bonds. The van der Waals surface area contributed by atoms with E-state index in [-0.39, 0.29) is 18.4 Å². The lowest BCUT2D eigenvalue weighted by atomic mass is 9.98. The third kappa shape index (κ3) is 2.66. The van der Waals surface area contributed by atoms with E-state index in [4.69, 9.17) is 4.74 Å². The van der Waals surface area contributed by atoms with Gasteiger partial charge in [-0.1, -0.05) is 12.1 Å². The minimum absolute atomic E-state index is 0.0378. The Hall–Kier alpha value is -2.08. The molecule has 0 aliphatic carbocycles. The van der Waals surface area contributed by atoms with Gasteiger partial charge in [0.15, 0.2) is 0 Å². The predicted octanol–water partition coefficient (Wildman–Crippen LogP) is 1.08. The molecule has 0 aromatic heterocycles. The number of ether oxygens (including phenoxy) is 1. The number of nitrogens with zero attached hydrogens (tertiary/aromatic N) is 2. The van der Waals surface area contributed by atoms with Crippen molar-refractivity contribution in [3.8, 4) is 0 Å². The predicted molar refractivity (Wildman–Crippen MR) is 83.9 cm³/mol. The van der Waals surface area contributed by atoms with Crippen LogP contribution < -0.4 is 10.2 Å². The minimum atomic E-state index is -0.723. The van der Waals surface area contributed by atoms with Crippen molar-refractivity contribution >= 4 is 23.2 Å². The minimum Gasteiger partial charge on any atom is -0.378 e. The van der Waals surface area contributed by atoms with Crippen molar-refractivity contribution in [3.63, 3.8) is 0 Å². The summed E-state index contributed by atoms with van der Waals surface area (Å²) in [5, 5.41) is 3.23. The maximum absolute atomic E-state index is 12.7. The number of para-hydroxylation sites is 2. The Kier molecular flexibility index (Phi) is 3.78. The molecule has 0 unspecified atom stereocenters. The molecule has 0 spiro atoms. The van der Waals surface area contributed by atoms with Crippen molar-refractivity contribution < 1.29 is 14.3 Å². The molecule has 1 saturated heterocycles. The van der Waals surface area contributed by atoms with Gasteiger partial charge in [-0.05, 0) is 26.0 Å². The highest BCUT2D eigenvalue weighted by molar-refractivity contribution is 6.09. The van der Waals surface area contributed by atoms with Gasteiger partial charge in [-0.25, -0.2) is 0 Å². The molecular weight excluding hydrogens is 282 g/mol. The molecule has 1 aromatic carbocycles. The molecule has 6 heteroatoms. The molecule has 0 saturated carbocycles. The molecule has 6 nitrogen and oxygen atoms in total. The number of fused-ring (bicyclic) bond motifs is 1. The van der Waals surface area contributed by atoms with Crippen LogP contribution in [0.4, 0.5) is 11.4 Å². The van der Waals surface area contributed by atoms with E-state index < -0.39 is 5.54 Å². The molecular formula is C16H21N3O3. The van der Waals surface area contributed by atoms with Gasteiger partial charge >= 0.3 is 0 Å². The fraction of sp³-hybridized carbons (Fsp3) is 0.500. The van der Waals surface area contributed by atoms with Crippen LogP contribution in [0.5, 0.6) is 0 Å². The van der Waals surface area contributed by atoms with Crippen LogP contribution in [0, 0.1) is 0 Å². The van der Waals surface area contributed by atoms with Crippen molar-refractivity contribution in [3.05, 3.63) is 24.3 Å². The Morgan fingerprint density at radius 1 is 1.27 bits per heavy atom. The summed E-state index contributed by atoms with van der Waals surface area (Å²) in [4.78, 5) is 28.5. The van der Waals surface area contributed by atoms with Crippen LogP contribution in [-0.4, -0.2) is 55.1 Å². The highest BCUT2D eigenvalue weighted by Crippen LogP contribution is 2.34. The molecule has 2 aliphatic rings. The van der Waals surface area contributed by atoms with Gasteiger partial charge in [-0.3, -0.25) is 14.5 Å². The number of anilines is 2. The molecule has 2 aliphatic heterocycles. The third-order valence-corrected chi connectivity index (χ3v) is 4.08. The molecule has 2 heterocycles. The molecule has 1 N–H and O–H groups in total. The number of hydrogen-bond donors (Lipinski definition) is 1. The molecule has 1 aromatic rings. The smallest absolute Gasteiger partial charge is 0.252 e. The first kappa shape index (κ1) is 14.8. The molecule has 0 atom stereocenters. The van der Waals surface area contributed by atoms with E-state index in [0.29, 0.717) is 26.3 Å². The van der Waals surface area contributed by atoms with Gasteiger partial charge in [0.2, 0.25) is 5.91 Å². The Bertz CT molecular complexity index is 594. The van der Waals surface area contributed by atoms with Crippen molar-refractivity contribution in [1.82, 2.24) is 4.90 Å². The van der Waals surface area contributed by atoms with E-state index in [1.807, 2.05) is 38.1 Å². The average molecular weight is 303 g/mol. The zero-order valence-corrected chi connectivity index (χ0v) is 13.0. The number of nitrogens with one attached hydrogen (secondary N) is 1. The second-order valence-electron chi connectivity index (χ2n) is 6.15. The van der Waals surface area contributed by atoms with Crippen molar-refractivity contribution in [1.29, 1.82) is 0 Å². The molecule has 22 heavy (non-hydrogen) atoms. The largest absolute Gasteiger partial charge is 0.378 e. The summed E-state index contributed by atoms with van der Waals surface area (Å²) < 4.78 is 5.27. The van der Waals surface area contributed by atoms with E-state index in [0.717, 1.165) is 11.4 Å². The lowest BCUT2D eigenvalue weighted by Gasteiger charge is -2.40. The summed E-state index contributed by atoms with van der Waals surface area (Å²) >= 11 is 0. The first-order chi connectivity index (χ1) is 10.5. The molecule has 0 bridgehead atoms. The summed E-state index contributed by atoms with van der Waals surface area (Å²) in [7, 11) is 0. The number of carbonyl (C=O) groups excluding carboxylic acids is 2. The number of rotatable bonds is 2. The van der Waals surface area contributed by atoms with Gasteiger partial charge in [0, 0.05) is 13.1 Å². The van der Waals surface area contributed by atoms with E-state index in [9.17, 15) is 9.59 Å². The van der Waals surface area contributed by atoms with Crippen molar-refractivity contribution in [2.75, 3.05) is 43.1 Å². The van der Waals surface area contributed by atoms with Crippen LogP contribution in [0.3, 0.4) is 0 Å². The van der Waals surface area contributed by atoms with Gasteiger partial charge < -0.3 is 15.0 Å². The fourth-order valence-electron chi connectivity index (χ4n) is 2.86. The lowest BCUT2D eigenvalue weighted by molar-refractivity contribution is -0.135. The monoisotopic (exact) mass is 303 g/mol. The number of hydrogen-bond acceptors (Lipinski definition) is 4. The highest BCUT2D eigenvalue weighted by Gasteiger charge is 2.39. The first-order valence-corrected chi connectivity index (χ1v) is 7.54. The van der Waals surface area contributed by atoms with Gasteiger partial charge in [0.1, 0.15) is 12.1 Å². The highest BCUT2D eigenvalue weighted by atomic mass is 16.5. The molecule has 1 fully saturated rings. The standard InChI is InChI=1S/C16H21N3O3/c1-16(2)15(21)19(13-6-4-3-5-12(13)17-16)11-14(20)18-7-9-22-10-8-18/h3-6,17H,7-11H2,1-2H3. The van der Waals surface area contributed by atoms with Crippen LogP contribution in [-0.2, 0) is 14.3 Å². The molecule has 3 rings (SSSR count). The summed E-state index contributed by atoms with van der Waals surface area (Å²) in [6.45, 7) is 6.02. The average Bonchev–Trinajstić information content (AvgIpc) is 2.52. The van der Waals surface area contributed by atoms with E-state index in [1.54, 1.807) is 9.80 Å². The summed E-state index contributed by atoms with van der Waals surface area (Å²) in [5.41, 5.74) is 0.912. The van der Waals surface area contributed by atoms with Crippen LogP contribution in [0.25, 0.3) is 0 Å². The zero-order valence-electron chi connectivity index (χ0n) is 13.0. The van der Waals surface area contributed by atoms with Crippen molar-refractivity contribution in [2.24, 2.45) is 0 Å². The quantitative estimate of drug-likeness (QED) is 0.888. The maximum atomic E-state index is 12.7. The van der Waals surface area contributed by atoms with Gasteiger partial charge in [-0.15, -0.1) is 0 Å². The normalized spacial score (nSPS) is 20.4. The Labute approximate surface area is 130 Å². The summed E-state index contributed by atoms with van der Waals surface area (Å²) in [6, 6.07) is 7.58. The van der Waals surface area contributed by atoms with E-state index >= 15 is 0 Å². The van der Waals surface area contributed by atoms with Gasteiger partial charge in [-0.2, -0.15) is 0 Å². The van der Waals surface area contributed by atoms with Crippen LogP contribution in [0.2, 0.25) is 0 Å². The SMILES string of the molecule is CC1(C)Nc2ccccc2N(CC(=O)N2CCOCC2)C1=O. The van der Waals surface area contributed by atoms with Crippen molar-refractivity contribution in [2.45, 2.75) is 19.4 Å². The van der Waals surface area contributed by atoms with E-state index in [1.165, 1.54) is 0 Å². The second-order valence-corrected chi connectivity index (χ2v) is 6.15. The molecule has 0 radical (unpaired) electrons. The summed E-state index contributed by atoms with van der Waals surface area (Å²) in [5.74, 6) is -0.128. The first-order valence-electron chi connectivity index (χ1n) is 7.54. The zero-order chi connectivity index (χ0) is 15.7. The number of amides is 2. The Morgan fingerprint density at radius 2 is 1.95 bits per heavy atom. The number of morpholine rings is 1. The fourth-order valence-corrected chi connectivity index (χ4v) is 2.86. The number of benzene rings is 1. The topological polar surface area (TPSA) is 61.9 Å². The molecule has 118 valence electrons. The summed E-state index contributed by atoms with van der Waals surface area (Å²) in [6.07, 6.45) is 0. The van der Waals surface area contributed by atoms with Crippen LogP contribution in [0.15, 0.2) is 24.3 Å². The maximum Gasteiger partial charge on any atom is 0.252 e.